The molecule has 2 N–H and O–H groups in total. The molecule has 0 amide bonds. The van der Waals surface area contributed by atoms with Crippen LogP contribution in [0.4, 0.5) is 11.6 Å². The maximum atomic E-state index is 5.88. The van der Waals surface area contributed by atoms with Crippen molar-refractivity contribution in [2.24, 2.45) is 0 Å². The summed E-state index contributed by atoms with van der Waals surface area (Å²) in [5, 5.41) is 0. The number of nitrogens with zero attached hydrogens (tertiary/aromatic N) is 4. The van der Waals surface area contributed by atoms with Crippen LogP contribution in [0.2, 0.25) is 0 Å². The summed E-state index contributed by atoms with van der Waals surface area (Å²) in [6, 6.07) is 8.76. The molecule has 6 heteroatoms. The van der Waals surface area contributed by atoms with Gasteiger partial charge in [0.2, 0.25) is 5.95 Å². The van der Waals surface area contributed by atoms with Gasteiger partial charge in [0.25, 0.3) is 0 Å². The zero-order valence-corrected chi connectivity index (χ0v) is 15.8. The van der Waals surface area contributed by atoms with Gasteiger partial charge in [-0.15, -0.1) is 0 Å². The van der Waals surface area contributed by atoms with Crippen LogP contribution < -0.4 is 10.6 Å². The Labute approximate surface area is 155 Å². The van der Waals surface area contributed by atoms with Crippen molar-refractivity contribution in [3.63, 3.8) is 0 Å². The van der Waals surface area contributed by atoms with Crippen LogP contribution in [0.3, 0.4) is 0 Å². The Morgan fingerprint density at radius 3 is 2.62 bits per heavy atom. The van der Waals surface area contributed by atoms with Crippen LogP contribution in [0.5, 0.6) is 0 Å². The Kier molecular flexibility index (Phi) is 4.54. The number of ether oxygens (including phenoxy) is 1. The van der Waals surface area contributed by atoms with E-state index < -0.39 is 0 Å². The first-order valence-corrected chi connectivity index (χ1v) is 9.37. The van der Waals surface area contributed by atoms with Crippen LogP contribution in [0.1, 0.15) is 32.0 Å². The quantitative estimate of drug-likeness (QED) is 0.856. The van der Waals surface area contributed by atoms with Gasteiger partial charge < -0.3 is 15.4 Å². The topological polar surface area (TPSA) is 67.5 Å². The normalized spacial score (nSPS) is 20.6. The van der Waals surface area contributed by atoms with Crippen molar-refractivity contribution in [2.75, 3.05) is 30.4 Å². The van der Waals surface area contributed by atoms with Crippen LogP contribution in [0.25, 0.3) is 11.3 Å². The lowest BCUT2D eigenvalue weighted by Crippen LogP contribution is -2.44. The molecule has 2 aliphatic rings. The monoisotopic (exact) mass is 353 g/mol. The van der Waals surface area contributed by atoms with E-state index >= 15 is 0 Å². The summed E-state index contributed by atoms with van der Waals surface area (Å²) < 4.78 is 5.58. The number of hydrogen-bond donors (Lipinski definition) is 1. The van der Waals surface area contributed by atoms with E-state index in [2.05, 4.69) is 42.7 Å². The van der Waals surface area contributed by atoms with Gasteiger partial charge in [-0.05, 0) is 32.9 Å². The highest BCUT2D eigenvalue weighted by molar-refractivity contribution is 5.68. The molecule has 2 aromatic rings. The van der Waals surface area contributed by atoms with E-state index in [1.165, 1.54) is 5.56 Å². The zero-order chi connectivity index (χ0) is 18.3. The maximum Gasteiger partial charge on any atom is 0.226 e. The molecule has 0 saturated carbocycles. The Morgan fingerprint density at radius 2 is 1.92 bits per heavy atom. The van der Waals surface area contributed by atoms with E-state index in [0.717, 1.165) is 61.4 Å². The van der Waals surface area contributed by atoms with E-state index in [1.54, 1.807) is 0 Å². The SMILES string of the molecule is CC(C)N1Cc2nc(N3CCOCC3C)nc(-c3ccc(N)cc3)c2C1. The van der Waals surface area contributed by atoms with Crippen molar-refractivity contribution in [3.05, 3.63) is 35.5 Å². The number of nitrogen functional groups attached to an aromatic ring is 1. The third-order valence-corrected chi connectivity index (χ3v) is 5.33. The van der Waals surface area contributed by atoms with Gasteiger partial charge in [-0.2, -0.15) is 0 Å². The Balaban J connectivity index is 1.80. The molecule has 1 unspecified atom stereocenters. The van der Waals surface area contributed by atoms with Crippen molar-refractivity contribution in [2.45, 2.75) is 45.9 Å². The zero-order valence-electron chi connectivity index (χ0n) is 15.8. The molecule has 0 radical (unpaired) electrons. The van der Waals surface area contributed by atoms with Crippen molar-refractivity contribution in [3.8, 4) is 11.3 Å². The molecule has 1 fully saturated rings. The van der Waals surface area contributed by atoms with Gasteiger partial charge >= 0.3 is 0 Å². The second-order valence-corrected chi connectivity index (χ2v) is 7.54. The molecule has 138 valence electrons. The highest BCUT2D eigenvalue weighted by Crippen LogP contribution is 2.34. The number of benzene rings is 1. The molecule has 1 aromatic carbocycles. The summed E-state index contributed by atoms with van der Waals surface area (Å²) in [7, 11) is 0. The summed E-state index contributed by atoms with van der Waals surface area (Å²) >= 11 is 0. The van der Waals surface area contributed by atoms with E-state index in [1.807, 2.05) is 12.1 Å². The molecule has 1 atom stereocenters. The first kappa shape index (κ1) is 17.2. The molecule has 6 nitrogen and oxygen atoms in total. The first-order chi connectivity index (χ1) is 12.5. The maximum absolute atomic E-state index is 5.88. The molecule has 0 spiro atoms. The molecular formula is C20H27N5O. The van der Waals surface area contributed by atoms with Gasteiger partial charge in [0.15, 0.2) is 0 Å². The summed E-state index contributed by atoms with van der Waals surface area (Å²) in [5.41, 5.74) is 11.2. The highest BCUT2D eigenvalue weighted by Gasteiger charge is 2.30. The summed E-state index contributed by atoms with van der Waals surface area (Å²) in [5.74, 6) is 0.817. The predicted molar refractivity (Wildman–Crippen MR) is 104 cm³/mol. The average molecular weight is 353 g/mol. The van der Waals surface area contributed by atoms with E-state index in [9.17, 15) is 0 Å². The molecule has 0 bridgehead atoms. The van der Waals surface area contributed by atoms with Gasteiger partial charge in [-0.25, -0.2) is 9.97 Å². The van der Waals surface area contributed by atoms with Gasteiger partial charge in [0.1, 0.15) is 0 Å². The lowest BCUT2D eigenvalue weighted by molar-refractivity contribution is 0.0980. The third-order valence-electron chi connectivity index (χ3n) is 5.33. The summed E-state index contributed by atoms with van der Waals surface area (Å²) in [4.78, 5) is 14.7. The fourth-order valence-corrected chi connectivity index (χ4v) is 3.66. The van der Waals surface area contributed by atoms with E-state index in [0.29, 0.717) is 6.04 Å². The number of fused-ring (bicyclic) bond motifs is 1. The lowest BCUT2D eigenvalue weighted by Gasteiger charge is -2.33. The number of anilines is 2. The molecule has 2 aliphatic heterocycles. The second-order valence-electron chi connectivity index (χ2n) is 7.54. The van der Waals surface area contributed by atoms with Crippen molar-refractivity contribution in [1.29, 1.82) is 0 Å². The van der Waals surface area contributed by atoms with Crippen LogP contribution >= 0.6 is 0 Å². The Bertz CT molecular complexity index is 790. The van der Waals surface area contributed by atoms with Gasteiger partial charge in [0.05, 0.1) is 30.6 Å². The van der Waals surface area contributed by atoms with Gasteiger partial charge in [-0.3, -0.25) is 4.90 Å². The summed E-state index contributed by atoms with van der Waals surface area (Å²) in [6.45, 7) is 10.7. The predicted octanol–water partition coefficient (Wildman–Crippen LogP) is 2.67. The van der Waals surface area contributed by atoms with Crippen LogP contribution in [-0.2, 0) is 17.8 Å². The minimum atomic E-state index is 0.281. The number of aromatic nitrogens is 2. The summed E-state index contributed by atoms with van der Waals surface area (Å²) in [6.07, 6.45) is 0. The first-order valence-electron chi connectivity index (χ1n) is 9.37. The second kappa shape index (κ2) is 6.85. The fourth-order valence-electron chi connectivity index (χ4n) is 3.66. The number of morpholine rings is 1. The number of hydrogen-bond acceptors (Lipinski definition) is 6. The Hall–Kier alpha value is -2.18. The molecule has 0 aliphatic carbocycles. The van der Waals surface area contributed by atoms with Crippen LogP contribution in [0.15, 0.2) is 24.3 Å². The lowest BCUT2D eigenvalue weighted by atomic mass is 10.1. The molecule has 1 saturated heterocycles. The number of nitrogens with two attached hydrogens (primary N) is 1. The van der Waals surface area contributed by atoms with Crippen LogP contribution in [-0.4, -0.2) is 46.7 Å². The van der Waals surface area contributed by atoms with E-state index in [-0.39, 0.29) is 6.04 Å². The standard InChI is InChI=1S/C20H27N5O/c1-13(2)24-10-17-18(11-24)22-20(25-8-9-26-12-14(25)3)23-19(17)15-4-6-16(21)7-5-15/h4-7,13-14H,8-12,21H2,1-3H3. The smallest absolute Gasteiger partial charge is 0.226 e. The van der Waals surface area contributed by atoms with Gasteiger partial charge in [0, 0.05) is 42.5 Å². The highest BCUT2D eigenvalue weighted by atomic mass is 16.5. The number of rotatable bonds is 3. The molecule has 3 heterocycles. The molecule has 26 heavy (non-hydrogen) atoms. The van der Waals surface area contributed by atoms with Crippen molar-refractivity contribution >= 4 is 11.6 Å². The Morgan fingerprint density at radius 1 is 1.15 bits per heavy atom. The van der Waals surface area contributed by atoms with Crippen molar-refractivity contribution in [1.82, 2.24) is 14.9 Å². The van der Waals surface area contributed by atoms with E-state index in [4.69, 9.17) is 20.4 Å². The molecule has 1 aromatic heterocycles. The largest absolute Gasteiger partial charge is 0.399 e. The van der Waals surface area contributed by atoms with Gasteiger partial charge in [-0.1, -0.05) is 12.1 Å². The average Bonchev–Trinajstić information content (AvgIpc) is 3.06. The van der Waals surface area contributed by atoms with Crippen molar-refractivity contribution < 1.29 is 4.74 Å². The molecular weight excluding hydrogens is 326 g/mol. The fraction of sp³-hybridized carbons (Fsp3) is 0.500. The minimum Gasteiger partial charge on any atom is -0.399 e. The van der Waals surface area contributed by atoms with Crippen LogP contribution in [0, 0.1) is 0 Å². The minimum absolute atomic E-state index is 0.281. The third kappa shape index (κ3) is 3.15. The molecule has 4 rings (SSSR count).